The molecule has 0 saturated carbocycles. The van der Waals surface area contributed by atoms with E-state index >= 15 is 0 Å². The molecule has 0 aliphatic carbocycles. The molecule has 1 N–H and O–H groups in total. The fraction of sp³-hybridized carbons (Fsp3) is 0.353. The van der Waals surface area contributed by atoms with Crippen LogP contribution in [-0.2, 0) is 11.3 Å². The molecule has 1 aromatic heterocycles. The van der Waals surface area contributed by atoms with E-state index in [1.165, 1.54) is 16.2 Å². The number of imide groups is 1. The molecule has 3 heterocycles. The van der Waals surface area contributed by atoms with Crippen molar-refractivity contribution in [1.29, 1.82) is 0 Å². The highest BCUT2D eigenvalue weighted by Gasteiger charge is 2.48. The molecule has 2 aliphatic rings. The molecule has 4 rings (SSSR count). The van der Waals surface area contributed by atoms with E-state index in [1.807, 2.05) is 25.1 Å². The first-order chi connectivity index (χ1) is 12.0. The minimum atomic E-state index is -0.289. The minimum absolute atomic E-state index is 0.114. The lowest BCUT2D eigenvalue weighted by Crippen LogP contribution is -2.33. The lowest BCUT2D eigenvalue weighted by molar-refractivity contribution is -0.119. The summed E-state index contributed by atoms with van der Waals surface area (Å²) in [5.41, 5.74) is 2.39. The third-order valence-electron chi connectivity index (χ3n) is 4.64. The quantitative estimate of drug-likeness (QED) is 0.827. The molecule has 130 valence electrons. The normalized spacial score (nSPS) is 19.7. The number of carbonyl (C=O) groups excluding carboxylic acids is 2. The minimum Gasteiger partial charge on any atom is -0.380 e. The molecule has 6 nitrogen and oxygen atoms in total. The predicted octanol–water partition coefficient (Wildman–Crippen LogP) is 3.65. The molecule has 3 amide bonds. The van der Waals surface area contributed by atoms with Gasteiger partial charge in [-0.25, -0.2) is 14.7 Å². The maximum absolute atomic E-state index is 12.7. The molecule has 2 aliphatic heterocycles. The molecule has 2 fully saturated rings. The second-order valence-corrected chi connectivity index (χ2v) is 7.94. The van der Waals surface area contributed by atoms with Gasteiger partial charge >= 0.3 is 6.03 Å². The van der Waals surface area contributed by atoms with Crippen LogP contribution in [0.2, 0.25) is 4.47 Å². The van der Waals surface area contributed by atoms with E-state index in [0.717, 1.165) is 29.0 Å². The zero-order valence-corrected chi connectivity index (χ0v) is 15.2. The number of fused-ring (bicyclic) bond motifs is 1. The van der Waals surface area contributed by atoms with Crippen molar-refractivity contribution in [3.05, 3.63) is 39.3 Å². The van der Waals surface area contributed by atoms with Crippen molar-refractivity contribution in [2.24, 2.45) is 0 Å². The zero-order valence-electron chi connectivity index (χ0n) is 13.7. The molecule has 0 spiro atoms. The number of hydrogen-bond donors (Lipinski definition) is 1. The Morgan fingerprint density at radius 2 is 2.24 bits per heavy atom. The lowest BCUT2D eigenvalue weighted by atomic mass is 10.1. The molecular formula is C17H17ClN4O2S. The number of urea groups is 1. The molecular weight excluding hydrogens is 360 g/mol. The number of rotatable bonds is 4. The molecule has 2 aromatic rings. The number of aryl methyl sites for hydroxylation is 1. The van der Waals surface area contributed by atoms with Crippen LogP contribution in [0.15, 0.2) is 24.4 Å². The number of halogens is 1. The van der Waals surface area contributed by atoms with Gasteiger partial charge in [-0.05, 0) is 37.5 Å². The monoisotopic (exact) mass is 376 g/mol. The summed E-state index contributed by atoms with van der Waals surface area (Å²) in [6.45, 7) is 3.16. The van der Waals surface area contributed by atoms with Gasteiger partial charge in [-0.15, -0.1) is 11.3 Å². The fourth-order valence-electron chi connectivity index (χ4n) is 3.36. The number of nitrogens with one attached hydrogen (secondary N) is 1. The third-order valence-corrected chi connectivity index (χ3v) is 5.75. The van der Waals surface area contributed by atoms with Gasteiger partial charge in [0.2, 0.25) is 0 Å². The largest absolute Gasteiger partial charge is 0.380 e. The van der Waals surface area contributed by atoms with Gasteiger partial charge in [-0.3, -0.25) is 4.79 Å². The maximum atomic E-state index is 12.7. The van der Waals surface area contributed by atoms with Crippen LogP contribution in [-0.4, -0.2) is 34.4 Å². The van der Waals surface area contributed by atoms with Crippen LogP contribution in [0, 0.1) is 6.92 Å². The Balaban J connectivity index is 1.57. The fourth-order valence-corrected chi connectivity index (χ4v) is 4.28. The number of amides is 3. The van der Waals surface area contributed by atoms with Crippen molar-refractivity contribution in [1.82, 2.24) is 9.88 Å². The van der Waals surface area contributed by atoms with Crippen molar-refractivity contribution in [3.63, 3.8) is 0 Å². The van der Waals surface area contributed by atoms with E-state index in [4.69, 9.17) is 11.6 Å². The summed E-state index contributed by atoms with van der Waals surface area (Å²) in [7, 11) is 0. The second kappa shape index (κ2) is 6.31. The molecule has 1 aromatic carbocycles. The average molecular weight is 377 g/mol. The molecule has 1 unspecified atom stereocenters. The second-order valence-electron chi connectivity index (χ2n) is 6.24. The lowest BCUT2D eigenvalue weighted by Gasteiger charge is -2.19. The van der Waals surface area contributed by atoms with Crippen LogP contribution in [0.5, 0.6) is 0 Å². The predicted molar refractivity (Wildman–Crippen MR) is 98.2 cm³/mol. The van der Waals surface area contributed by atoms with Gasteiger partial charge in [-0.2, -0.15) is 0 Å². The van der Waals surface area contributed by atoms with Crippen molar-refractivity contribution >= 4 is 46.3 Å². The van der Waals surface area contributed by atoms with E-state index in [1.54, 1.807) is 11.1 Å². The van der Waals surface area contributed by atoms with Crippen molar-refractivity contribution in [2.45, 2.75) is 32.4 Å². The number of carbonyl (C=O) groups is 2. The van der Waals surface area contributed by atoms with Gasteiger partial charge in [0.1, 0.15) is 6.04 Å². The van der Waals surface area contributed by atoms with Crippen LogP contribution in [0.3, 0.4) is 0 Å². The molecule has 25 heavy (non-hydrogen) atoms. The van der Waals surface area contributed by atoms with Crippen molar-refractivity contribution in [3.8, 4) is 0 Å². The van der Waals surface area contributed by atoms with Crippen LogP contribution in [0.4, 0.5) is 16.2 Å². The highest BCUT2D eigenvalue weighted by atomic mass is 35.5. The van der Waals surface area contributed by atoms with Crippen LogP contribution in [0.25, 0.3) is 0 Å². The van der Waals surface area contributed by atoms with Gasteiger partial charge in [0.25, 0.3) is 5.91 Å². The third kappa shape index (κ3) is 2.87. The number of anilines is 2. The SMILES string of the molecule is Cc1ccc(NCc2cnc(Cl)s2)cc1N1C(=O)C2CCCN2C1=O. The Bertz CT molecular complexity index is 831. The van der Waals surface area contributed by atoms with Crippen molar-refractivity contribution < 1.29 is 9.59 Å². The first-order valence-corrected chi connectivity index (χ1v) is 9.33. The Labute approximate surface area is 154 Å². The van der Waals surface area contributed by atoms with Gasteiger partial charge < -0.3 is 10.2 Å². The summed E-state index contributed by atoms with van der Waals surface area (Å²) in [4.78, 5) is 33.3. The Morgan fingerprint density at radius 3 is 2.96 bits per heavy atom. The number of benzene rings is 1. The standard InChI is InChI=1S/C17H17ClN4O2S/c1-10-4-5-11(19-8-12-9-20-16(18)25-12)7-14(10)22-15(23)13-3-2-6-21(13)17(22)24/h4-5,7,9,13,19H,2-3,6,8H2,1H3. The number of hydrogen-bond acceptors (Lipinski definition) is 5. The van der Waals surface area contributed by atoms with Crippen LogP contribution >= 0.6 is 22.9 Å². The molecule has 0 bridgehead atoms. The van der Waals surface area contributed by atoms with Gasteiger partial charge in [0.15, 0.2) is 4.47 Å². The Morgan fingerprint density at radius 1 is 1.40 bits per heavy atom. The Hall–Kier alpha value is -2.12. The molecule has 8 heteroatoms. The summed E-state index contributed by atoms with van der Waals surface area (Å²) >= 11 is 7.26. The topological polar surface area (TPSA) is 65.5 Å². The maximum Gasteiger partial charge on any atom is 0.332 e. The van der Waals surface area contributed by atoms with E-state index in [-0.39, 0.29) is 18.0 Å². The summed E-state index contributed by atoms with van der Waals surface area (Å²) in [6.07, 6.45) is 3.38. The van der Waals surface area contributed by atoms with Gasteiger partial charge in [0.05, 0.1) is 12.2 Å². The zero-order chi connectivity index (χ0) is 17.6. The summed E-state index contributed by atoms with van der Waals surface area (Å²) < 4.78 is 0.509. The summed E-state index contributed by atoms with van der Waals surface area (Å²) in [6, 6.07) is 5.22. The summed E-state index contributed by atoms with van der Waals surface area (Å²) in [5.74, 6) is -0.114. The number of thiazole rings is 1. The average Bonchev–Trinajstić information content (AvgIpc) is 3.28. The summed E-state index contributed by atoms with van der Waals surface area (Å²) in [5, 5.41) is 3.29. The van der Waals surface area contributed by atoms with Crippen LogP contribution < -0.4 is 10.2 Å². The van der Waals surface area contributed by atoms with E-state index in [9.17, 15) is 9.59 Å². The Kier molecular flexibility index (Phi) is 4.13. The van der Waals surface area contributed by atoms with Gasteiger partial charge in [0, 0.05) is 23.3 Å². The molecule has 2 saturated heterocycles. The van der Waals surface area contributed by atoms with E-state index in [2.05, 4.69) is 10.3 Å². The van der Waals surface area contributed by atoms with Crippen LogP contribution in [0.1, 0.15) is 23.3 Å². The highest BCUT2D eigenvalue weighted by Crippen LogP contribution is 2.34. The van der Waals surface area contributed by atoms with Crippen molar-refractivity contribution in [2.75, 3.05) is 16.8 Å². The first-order valence-electron chi connectivity index (χ1n) is 8.14. The molecule has 0 radical (unpaired) electrons. The number of aromatic nitrogens is 1. The van der Waals surface area contributed by atoms with E-state index < -0.39 is 0 Å². The molecule has 1 atom stereocenters. The smallest absolute Gasteiger partial charge is 0.332 e. The van der Waals surface area contributed by atoms with E-state index in [0.29, 0.717) is 23.2 Å². The highest BCUT2D eigenvalue weighted by molar-refractivity contribution is 7.15. The number of nitrogens with zero attached hydrogens (tertiary/aromatic N) is 3. The van der Waals surface area contributed by atoms with Gasteiger partial charge in [-0.1, -0.05) is 17.7 Å². The first kappa shape index (κ1) is 16.4.